The van der Waals surface area contributed by atoms with Crippen LogP contribution in [0.4, 0.5) is 0 Å². The van der Waals surface area contributed by atoms with E-state index in [1.807, 2.05) is 6.92 Å². The molecule has 1 spiro atoms. The van der Waals surface area contributed by atoms with E-state index in [0.29, 0.717) is 18.1 Å². The molecule has 0 saturated heterocycles. The molecule has 6 heteroatoms. The van der Waals surface area contributed by atoms with Crippen molar-refractivity contribution in [3.05, 3.63) is 0 Å². The lowest BCUT2D eigenvalue weighted by Gasteiger charge is -2.64. The SMILES string of the molecule is C[C@@H](OC(=O)[C@]1(C)CCC[C@@]2(C)[C@@H]3CC[C@@]4(C)C[C@]3(CC[C@@H]21)CC4=O)[C@H](N)C(=O)O. The summed E-state index contributed by atoms with van der Waals surface area (Å²) < 4.78 is 5.64. The van der Waals surface area contributed by atoms with Crippen LogP contribution in [-0.4, -0.2) is 35.0 Å². The average molecular weight is 420 g/mol. The molecule has 0 radical (unpaired) electrons. The van der Waals surface area contributed by atoms with Gasteiger partial charge in [0.25, 0.3) is 0 Å². The lowest BCUT2D eigenvalue weighted by molar-refractivity contribution is -0.192. The first-order chi connectivity index (χ1) is 13.9. The number of Topliss-reactive ketones (excluding diaryl/α,β-unsaturated/α-hetero) is 1. The third-order valence-electron chi connectivity index (χ3n) is 9.91. The van der Waals surface area contributed by atoms with E-state index in [4.69, 9.17) is 15.6 Å². The third kappa shape index (κ3) is 2.89. The molecule has 0 amide bonds. The van der Waals surface area contributed by atoms with Crippen LogP contribution in [0.25, 0.3) is 0 Å². The van der Waals surface area contributed by atoms with Gasteiger partial charge in [0.2, 0.25) is 0 Å². The van der Waals surface area contributed by atoms with Crippen molar-refractivity contribution in [1.29, 1.82) is 0 Å². The number of carbonyl (C=O) groups is 3. The summed E-state index contributed by atoms with van der Waals surface area (Å²) in [5.74, 6) is -0.363. The number of rotatable bonds is 4. The van der Waals surface area contributed by atoms with E-state index in [1.54, 1.807) is 6.92 Å². The summed E-state index contributed by atoms with van der Waals surface area (Å²) in [5, 5.41) is 9.16. The molecule has 4 rings (SSSR count). The number of ether oxygens (including phenoxy) is 1. The van der Waals surface area contributed by atoms with Crippen molar-refractivity contribution < 1.29 is 24.2 Å². The van der Waals surface area contributed by atoms with Crippen LogP contribution in [0.3, 0.4) is 0 Å². The van der Waals surface area contributed by atoms with Crippen LogP contribution in [0.2, 0.25) is 0 Å². The van der Waals surface area contributed by atoms with Crippen LogP contribution in [0.1, 0.15) is 85.5 Å². The molecule has 3 N–H and O–H groups in total. The van der Waals surface area contributed by atoms with Gasteiger partial charge < -0.3 is 15.6 Å². The molecule has 4 fully saturated rings. The lowest BCUT2D eigenvalue weighted by atomic mass is 9.40. The lowest BCUT2D eigenvalue weighted by Crippen LogP contribution is -2.59. The van der Waals surface area contributed by atoms with Gasteiger partial charge in [0.05, 0.1) is 5.41 Å². The van der Waals surface area contributed by atoms with Gasteiger partial charge in [0, 0.05) is 11.8 Å². The van der Waals surface area contributed by atoms with Crippen LogP contribution < -0.4 is 5.73 Å². The van der Waals surface area contributed by atoms with Crippen molar-refractivity contribution in [1.82, 2.24) is 0 Å². The normalized spacial score (nSPS) is 47.0. The predicted octanol–water partition coefficient (Wildman–Crippen LogP) is 3.70. The Hall–Kier alpha value is -1.43. The van der Waals surface area contributed by atoms with Crippen molar-refractivity contribution in [3.63, 3.8) is 0 Å². The Balaban J connectivity index is 1.61. The topological polar surface area (TPSA) is 107 Å². The largest absolute Gasteiger partial charge is 0.480 e. The maximum Gasteiger partial charge on any atom is 0.324 e. The van der Waals surface area contributed by atoms with Crippen LogP contribution in [0.15, 0.2) is 0 Å². The molecule has 0 aromatic carbocycles. The fourth-order valence-electron chi connectivity index (χ4n) is 8.33. The summed E-state index contributed by atoms with van der Waals surface area (Å²) in [4.78, 5) is 37.4. The maximum absolute atomic E-state index is 13.4. The highest BCUT2D eigenvalue weighted by molar-refractivity contribution is 5.88. The molecule has 2 bridgehead atoms. The molecule has 0 heterocycles. The van der Waals surface area contributed by atoms with Crippen molar-refractivity contribution in [2.24, 2.45) is 39.2 Å². The first-order valence-corrected chi connectivity index (χ1v) is 11.6. The molecular formula is C24H37NO5. The summed E-state index contributed by atoms with van der Waals surface area (Å²) in [7, 11) is 0. The van der Waals surface area contributed by atoms with E-state index in [0.717, 1.165) is 51.4 Å². The van der Waals surface area contributed by atoms with Crippen LogP contribution in [0.5, 0.6) is 0 Å². The highest BCUT2D eigenvalue weighted by Crippen LogP contribution is 2.73. The van der Waals surface area contributed by atoms with Crippen LogP contribution >= 0.6 is 0 Å². The molecule has 8 atom stereocenters. The molecule has 6 nitrogen and oxygen atoms in total. The standard InChI is InChI=1S/C24H37NO5/c1-14(18(25)19(27)28)30-20(29)23(4)9-5-8-22(3)15(23)7-11-24-12-17(26)21(2,13-24)10-6-16(22)24/h14-16,18H,5-13,25H2,1-4H3,(H,27,28)/t14-,15+,16+,18+,21+,22-,23-,24+/m1/s1. The van der Waals surface area contributed by atoms with E-state index >= 15 is 0 Å². The van der Waals surface area contributed by atoms with Crippen molar-refractivity contribution in [2.45, 2.75) is 97.6 Å². The zero-order valence-electron chi connectivity index (χ0n) is 18.8. The van der Waals surface area contributed by atoms with Gasteiger partial charge in [-0.15, -0.1) is 0 Å². The summed E-state index contributed by atoms with van der Waals surface area (Å²) in [6, 6.07) is -1.22. The Bertz CT molecular complexity index is 782. The molecule has 168 valence electrons. The molecule has 0 aliphatic heterocycles. The second-order valence-corrected chi connectivity index (χ2v) is 11.6. The Morgan fingerprint density at radius 2 is 1.77 bits per heavy atom. The molecule has 0 aromatic rings. The highest BCUT2D eigenvalue weighted by atomic mass is 16.5. The summed E-state index contributed by atoms with van der Waals surface area (Å²) >= 11 is 0. The van der Waals surface area contributed by atoms with Gasteiger partial charge in [-0.05, 0) is 81.5 Å². The van der Waals surface area contributed by atoms with Gasteiger partial charge in [0.1, 0.15) is 17.9 Å². The molecule has 4 aliphatic carbocycles. The second-order valence-electron chi connectivity index (χ2n) is 11.6. The number of carboxylic acids is 1. The Morgan fingerprint density at radius 1 is 1.10 bits per heavy atom. The number of ketones is 1. The quantitative estimate of drug-likeness (QED) is 0.673. The molecular weight excluding hydrogens is 382 g/mol. The zero-order valence-corrected chi connectivity index (χ0v) is 18.8. The van der Waals surface area contributed by atoms with E-state index in [2.05, 4.69) is 13.8 Å². The number of carbonyl (C=O) groups excluding carboxylic acids is 2. The second kappa shape index (κ2) is 6.78. The van der Waals surface area contributed by atoms with Crippen molar-refractivity contribution in [2.75, 3.05) is 0 Å². The monoisotopic (exact) mass is 419 g/mol. The Labute approximate surface area is 179 Å². The van der Waals surface area contributed by atoms with Gasteiger partial charge in [-0.3, -0.25) is 14.4 Å². The predicted molar refractivity (Wildman–Crippen MR) is 111 cm³/mol. The van der Waals surface area contributed by atoms with Gasteiger partial charge in [-0.1, -0.05) is 20.3 Å². The molecule has 4 saturated carbocycles. The van der Waals surface area contributed by atoms with Gasteiger partial charge in [-0.25, -0.2) is 0 Å². The number of carboxylic acid groups (broad SMARTS) is 1. The van der Waals surface area contributed by atoms with Crippen LogP contribution in [-0.2, 0) is 19.1 Å². The number of esters is 1. The summed E-state index contributed by atoms with van der Waals surface area (Å²) in [6.45, 7) is 8.08. The number of fused-ring (bicyclic) bond motifs is 3. The van der Waals surface area contributed by atoms with Crippen molar-refractivity contribution in [3.8, 4) is 0 Å². The van der Waals surface area contributed by atoms with Gasteiger partial charge >= 0.3 is 11.9 Å². The minimum absolute atomic E-state index is 0.00831. The summed E-state index contributed by atoms with van der Waals surface area (Å²) in [6.07, 6.45) is 7.63. The van der Waals surface area contributed by atoms with Crippen LogP contribution in [0, 0.1) is 33.5 Å². The molecule has 4 aliphatic rings. The smallest absolute Gasteiger partial charge is 0.324 e. The van der Waals surface area contributed by atoms with E-state index < -0.39 is 23.5 Å². The molecule has 0 aromatic heterocycles. The van der Waals surface area contributed by atoms with Gasteiger partial charge in [0.15, 0.2) is 0 Å². The molecule has 30 heavy (non-hydrogen) atoms. The molecule has 0 unspecified atom stereocenters. The third-order valence-corrected chi connectivity index (χ3v) is 9.91. The van der Waals surface area contributed by atoms with E-state index in [-0.39, 0.29) is 28.1 Å². The summed E-state index contributed by atoms with van der Waals surface area (Å²) in [5.41, 5.74) is 5.02. The number of hydrogen-bond acceptors (Lipinski definition) is 5. The average Bonchev–Trinajstić information content (AvgIpc) is 2.84. The fourth-order valence-corrected chi connectivity index (χ4v) is 8.33. The first kappa shape index (κ1) is 21.8. The zero-order chi connectivity index (χ0) is 22.1. The van der Waals surface area contributed by atoms with E-state index in [1.165, 1.54) is 0 Å². The van der Waals surface area contributed by atoms with E-state index in [9.17, 15) is 14.4 Å². The maximum atomic E-state index is 13.4. The minimum atomic E-state index is -1.22. The van der Waals surface area contributed by atoms with Gasteiger partial charge in [-0.2, -0.15) is 0 Å². The number of hydrogen-bond donors (Lipinski definition) is 2. The number of aliphatic carboxylic acids is 1. The van der Waals surface area contributed by atoms with Crippen molar-refractivity contribution >= 4 is 17.7 Å². The first-order valence-electron chi connectivity index (χ1n) is 11.6. The minimum Gasteiger partial charge on any atom is -0.480 e. The Kier molecular flexibility index (Phi) is 4.93. The Morgan fingerprint density at radius 3 is 2.43 bits per heavy atom. The highest BCUT2D eigenvalue weighted by Gasteiger charge is 2.68. The number of nitrogens with two attached hydrogens (primary N) is 1. The fraction of sp³-hybridized carbons (Fsp3) is 0.875.